The van der Waals surface area contributed by atoms with Crippen molar-refractivity contribution in [3.63, 3.8) is 0 Å². The van der Waals surface area contributed by atoms with Gasteiger partial charge in [0.25, 0.3) is 11.8 Å². The van der Waals surface area contributed by atoms with Gasteiger partial charge in [-0.15, -0.1) is 0 Å². The van der Waals surface area contributed by atoms with E-state index in [1.807, 2.05) is 13.8 Å². The second kappa shape index (κ2) is 6.84. The Morgan fingerprint density at radius 1 is 1.16 bits per heavy atom. The molecule has 0 bridgehead atoms. The molecule has 0 fully saturated rings. The standard InChI is InChI=1S/C17H15F2N3O3/c1-9(2)12-7-8-24-13(12)16(23)20-11-5-3-10(4-6-11)15-21-17(14(18)19)25-22-15/h3-9,14H,1-2H3,(H,20,23). The highest BCUT2D eigenvalue weighted by molar-refractivity contribution is 6.03. The molecular weight excluding hydrogens is 332 g/mol. The highest BCUT2D eigenvalue weighted by Gasteiger charge is 2.19. The number of carbonyl (C=O) groups is 1. The van der Waals surface area contributed by atoms with Gasteiger partial charge in [-0.3, -0.25) is 4.79 Å². The van der Waals surface area contributed by atoms with Crippen molar-refractivity contribution in [1.82, 2.24) is 10.1 Å². The molecule has 0 aliphatic carbocycles. The minimum atomic E-state index is -2.82. The van der Waals surface area contributed by atoms with Crippen molar-refractivity contribution in [2.45, 2.75) is 26.2 Å². The monoisotopic (exact) mass is 347 g/mol. The average molecular weight is 347 g/mol. The number of hydrogen-bond donors (Lipinski definition) is 1. The highest BCUT2D eigenvalue weighted by Crippen LogP contribution is 2.24. The first-order chi connectivity index (χ1) is 12.0. The van der Waals surface area contributed by atoms with Crippen molar-refractivity contribution >= 4 is 11.6 Å². The molecular formula is C17H15F2N3O3. The molecule has 1 N–H and O–H groups in total. The highest BCUT2D eigenvalue weighted by atomic mass is 19.3. The number of furan rings is 1. The first kappa shape index (κ1) is 16.8. The van der Waals surface area contributed by atoms with Crippen LogP contribution in [0.3, 0.4) is 0 Å². The lowest BCUT2D eigenvalue weighted by Crippen LogP contribution is -2.13. The summed E-state index contributed by atoms with van der Waals surface area (Å²) in [5, 5.41) is 6.23. The van der Waals surface area contributed by atoms with Crippen LogP contribution in [-0.4, -0.2) is 16.0 Å². The summed E-state index contributed by atoms with van der Waals surface area (Å²) in [6.07, 6.45) is -1.34. The number of nitrogens with zero attached hydrogens (tertiary/aromatic N) is 2. The van der Waals surface area contributed by atoms with Crippen molar-refractivity contribution in [3.05, 3.63) is 53.8 Å². The van der Waals surface area contributed by atoms with E-state index >= 15 is 0 Å². The Labute approximate surface area is 141 Å². The van der Waals surface area contributed by atoms with Gasteiger partial charge in [0.15, 0.2) is 5.76 Å². The van der Waals surface area contributed by atoms with Crippen LogP contribution < -0.4 is 5.32 Å². The van der Waals surface area contributed by atoms with E-state index in [0.717, 1.165) is 5.56 Å². The van der Waals surface area contributed by atoms with Gasteiger partial charge in [0.2, 0.25) is 5.82 Å². The third kappa shape index (κ3) is 3.57. The number of nitrogens with one attached hydrogen (secondary N) is 1. The van der Waals surface area contributed by atoms with Gasteiger partial charge in [-0.1, -0.05) is 19.0 Å². The van der Waals surface area contributed by atoms with Crippen LogP contribution in [-0.2, 0) is 0 Å². The Bertz CT molecular complexity index is 869. The minimum absolute atomic E-state index is 0.0568. The second-order valence-corrected chi connectivity index (χ2v) is 5.65. The Hall–Kier alpha value is -3.03. The Morgan fingerprint density at radius 2 is 1.88 bits per heavy atom. The molecule has 0 radical (unpaired) electrons. The maximum Gasteiger partial charge on any atom is 0.315 e. The number of amides is 1. The van der Waals surface area contributed by atoms with E-state index in [1.54, 1.807) is 30.3 Å². The molecule has 2 aromatic heterocycles. The van der Waals surface area contributed by atoms with Crippen LogP contribution in [0.1, 0.15) is 48.2 Å². The quantitative estimate of drug-likeness (QED) is 0.727. The van der Waals surface area contributed by atoms with Crippen LogP contribution in [0.5, 0.6) is 0 Å². The lowest BCUT2D eigenvalue weighted by Gasteiger charge is -2.07. The summed E-state index contributed by atoms with van der Waals surface area (Å²) in [6.45, 7) is 3.93. The van der Waals surface area contributed by atoms with Crippen molar-refractivity contribution in [2.75, 3.05) is 5.32 Å². The summed E-state index contributed by atoms with van der Waals surface area (Å²) < 4.78 is 34.7. The van der Waals surface area contributed by atoms with E-state index < -0.39 is 12.3 Å². The van der Waals surface area contributed by atoms with E-state index in [-0.39, 0.29) is 23.4 Å². The number of halogens is 2. The second-order valence-electron chi connectivity index (χ2n) is 5.65. The van der Waals surface area contributed by atoms with E-state index in [4.69, 9.17) is 4.42 Å². The van der Waals surface area contributed by atoms with Crippen LogP contribution in [0.4, 0.5) is 14.5 Å². The van der Waals surface area contributed by atoms with E-state index in [9.17, 15) is 13.6 Å². The predicted octanol–water partition coefficient (Wildman–Crippen LogP) is 4.64. The normalized spacial score (nSPS) is 11.3. The molecule has 0 atom stereocenters. The van der Waals surface area contributed by atoms with Gasteiger partial charge < -0.3 is 14.3 Å². The Balaban J connectivity index is 1.74. The fourth-order valence-corrected chi connectivity index (χ4v) is 2.29. The van der Waals surface area contributed by atoms with E-state index in [0.29, 0.717) is 11.3 Å². The topological polar surface area (TPSA) is 81.2 Å². The van der Waals surface area contributed by atoms with Gasteiger partial charge in [-0.05, 0) is 36.2 Å². The van der Waals surface area contributed by atoms with E-state index in [2.05, 4.69) is 20.0 Å². The fraction of sp³-hybridized carbons (Fsp3) is 0.235. The number of carbonyl (C=O) groups excluding carboxylic acids is 1. The summed E-state index contributed by atoms with van der Waals surface area (Å²) in [4.78, 5) is 15.9. The number of benzene rings is 1. The van der Waals surface area contributed by atoms with Gasteiger partial charge in [-0.25, -0.2) is 0 Å². The van der Waals surface area contributed by atoms with Crippen LogP contribution in [0.15, 0.2) is 45.5 Å². The molecule has 6 nitrogen and oxygen atoms in total. The number of anilines is 1. The molecule has 0 saturated heterocycles. The van der Waals surface area contributed by atoms with Crippen LogP contribution in [0.2, 0.25) is 0 Å². The molecule has 0 unspecified atom stereocenters. The van der Waals surface area contributed by atoms with Gasteiger partial charge in [0.1, 0.15) is 0 Å². The third-order valence-electron chi connectivity index (χ3n) is 3.55. The third-order valence-corrected chi connectivity index (χ3v) is 3.55. The zero-order chi connectivity index (χ0) is 18.0. The molecule has 25 heavy (non-hydrogen) atoms. The summed E-state index contributed by atoms with van der Waals surface area (Å²) in [7, 11) is 0. The van der Waals surface area contributed by atoms with Gasteiger partial charge in [-0.2, -0.15) is 13.8 Å². The smallest absolute Gasteiger partial charge is 0.315 e. The van der Waals surface area contributed by atoms with Crippen molar-refractivity contribution in [2.24, 2.45) is 0 Å². The zero-order valence-corrected chi connectivity index (χ0v) is 13.5. The lowest BCUT2D eigenvalue weighted by atomic mass is 10.0. The SMILES string of the molecule is CC(C)c1ccoc1C(=O)Nc1ccc(-c2noc(C(F)F)n2)cc1. The number of hydrogen-bond acceptors (Lipinski definition) is 5. The summed E-state index contributed by atoms with van der Waals surface area (Å²) in [5.41, 5.74) is 1.84. The molecule has 0 aliphatic heterocycles. The van der Waals surface area contributed by atoms with Crippen LogP contribution in [0, 0.1) is 0 Å². The molecule has 3 aromatic rings. The Morgan fingerprint density at radius 3 is 2.48 bits per heavy atom. The average Bonchev–Trinajstić information content (AvgIpc) is 3.25. The van der Waals surface area contributed by atoms with Crippen molar-refractivity contribution in [3.8, 4) is 11.4 Å². The maximum absolute atomic E-state index is 12.5. The van der Waals surface area contributed by atoms with Crippen molar-refractivity contribution < 1.29 is 22.5 Å². The number of alkyl halides is 2. The Kier molecular flexibility index (Phi) is 4.60. The minimum Gasteiger partial charge on any atom is -0.459 e. The molecule has 0 aliphatic rings. The molecule has 130 valence electrons. The first-order valence-electron chi connectivity index (χ1n) is 7.56. The number of rotatable bonds is 5. The molecule has 1 amide bonds. The largest absolute Gasteiger partial charge is 0.459 e. The molecule has 2 heterocycles. The lowest BCUT2D eigenvalue weighted by molar-refractivity contribution is 0.0994. The number of aromatic nitrogens is 2. The van der Waals surface area contributed by atoms with E-state index in [1.165, 1.54) is 6.26 Å². The maximum atomic E-state index is 12.5. The van der Waals surface area contributed by atoms with Gasteiger partial charge in [0, 0.05) is 16.8 Å². The summed E-state index contributed by atoms with van der Waals surface area (Å²) in [6, 6.07) is 8.19. The summed E-state index contributed by atoms with van der Waals surface area (Å²) >= 11 is 0. The van der Waals surface area contributed by atoms with Crippen molar-refractivity contribution in [1.29, 1.82) is 0 Å². The molecule has 1 aromatic carbocycles. The summed E-state index contributed by atoms with van der Waals surface area (Å²) in [5.74, 6) is -0.614. The zero-order valence-electron chi connectivity index (χ0n) is 13.5. The van der Waals surface area contributed by atoms with Gasteiger partial charge >= 0.3 is 6.43 Å². The first-order valence-corrected chi connectivity index (χ1v) is 7.56. The molecule has 0 spiro atoms. The molecule has 8 heteroatoms. The van der Waals surface area contributed by atoms with Crippen LogP contribution >= 0.6 is 0 Å². The van der Waals surface area contributed by atoms with Gasteiger partial charge in [0.05, 0.1) is 6.26 Å². The van der Waals surface area contributed by atoms with Crippen LogP contribution in [0.25, 0.3) is 11.4 Å². The molecule has 3 rings (SSSR count). The fourth-order valence-electron chi connectivity index (χ4n) is 2.29. The predicted molar refractivity (Wildman–Crippen MR) is 85.4 cm³/mol. The molecule has 0 saturated carbocycles.